The molecular formula is C18H12F4N4O3. The highest BCUT2D eigenvalue weighted by Crippen LogP contribution is 2.22. The molecule has 0 atom stereocenters. The van der Waals surface area contributed by atoms with Crippen molar-refractivity contribution in [1.29, 1.82) is 0 Å². The van der Waals surface area contributed by atoms with Crippen molar-refractivity contribution in [3.05, 3.63) is 86.7 Å². The van der Waals surface area contributed by atoms with E-state index in [-0.39, 0.29) is 23.0 Å². The van der Waals surface area contributed by atoms with Crippen LogP contribution < -0.4 is 5.32 Å². The number of halogens is 4. The van der Waals surface area contributed by atoms with Crippen molar-refractivity contribution in [3.8, 4) is 0 Å². The van der Waals surface area contributed by atoms with Crippen molar-refractivity contribution in [3.63, 3.8) is 0 Å². The van der Waals surface area contributed by atoms with Crippen LogP contribution in [0, 0.1) is 40.3 Å². The maximum absolute atomic E-state index is 13.8. The third-order valence-electron chi connectivity index (χ3n) is 4.09. The highest BCUT2D eigenvalue weighted by Gasteiger charge is 2.20. The van der Waals surface area contributed by atoms with Crippen LogP contribution in [0.25, 0.3) is 0 Å². The van der Waals surface area contributed by atoms with Gasteiger partial charge >= 0.3 is 0 Å². The molecular weight excluding hydrogens is 396 g/mol. The molecule has 0 spiro atoms. The Balaban J connectivity index is 1.78. The van der Waals surface area contributed by atoms with Gasteiger partial charge in [-0.2, -0.15) is 5.10 Å². The number of nitrogens with zero attached hydrogens (tertiary/aromatic N) is 3. The number of aryl methyl sites for hydroxylation is 1. The van der Waals surface area contributed by atoms with Crippen LogP contribution in [0.2, 0.25) is 0 Å². The SMILES string of the molecule is Cc1ccc(C(=O)Nc2cnn(Cc3c(F)cc(F)c(F)c3F)c2)cc1[N+](=O)[O-]. The van der Waals surface area contributed by atoms with Crippen LogP contribution in [-0.4, -0.2) is 20.6 Å². The summed E-state index contributed by atoms with van der Waals surface area (Å²) >= 11 is 0. The molecule has 0 saturated carbocycles. The fourth-order valence-electron chi connectivity index (χ4n) is 2.58. The van der Waals surface area contributed by atoms with Gasteiger partial charge in [0, 0.05) is 35.0 Å². The zero-order valence-corrected chi connectivity index (χ0v) is 14.7. The van der Waals surface area contributed by atoms with Crippen molar-refractivity contribution in [2.45, 2.75) is 13.5 Å². The molecule has 1 amide bonds. The van der Waals surface area contributed by atoms with Crippen LogP contribution >= 0.6 is 0 Å². The molecule has 3 aromatic rings. The second kappa shape index (κ2) is 7.70. The fourth-order valence-corrected chi connectivity index (χ4v) is 2.58. The third-order valence-corrected chi connectivity index (χ3v) is 4.09. The summed E-state index contributed by atoms with van der Waals surface area (Å²) in [6.45, 7) is 0.973. The van der Waals surface area contributed by atoms with E-state index in [1.807, 2.05) is 0 Å². The highest BCUT2D eigenvalue weighted by atomic mass is 19.2. The van der Waals surface area contributed by atoms with E-state index in [1.165, 1.54) is 25.3 Å². The molecule has 0 aliphatic heterocycles. The normalized spacial score (nSPS) is 10.8. The van der Waals surface area contributed by atoms with Crippen LogP contribution in [0.3, 0.4) is 0 Å². The molecule has 7 nitrogen and oxygen atoms in total. The maximum Gasteiger partial charge on any atom is 0.273 e. The Kier molecular flexibility index (Phi) is 5.31. The zero-order chi connectivity index (χ0) is 21.3. The van der Waals surface area contributed by atoms with E-state index < -0.39 is 46.2 Å². The molecule has 3 rings (SSSR count). The number of carbonyl (C=O) groups excluding carboxylic acids is 1. The Labute approximate surface area is 160 Å². The lowest BCUT2D eigenvalue weighted by molar-refractivity contribution is -0.385. The third kappa shape index (κ3) is 4.08. The summed E-state index contributed by atoms with van der Waals surface area (Å²) in [7, 11) is 0. The van der Waals surface area contributed by atoms with Gasteiger partial charge in [0.05, 0.1) is 23.4 Å². The first-order valence-electron chi connectivity index (χ1n) is 8.08. The van der Waals surface area contributed by atoms with Gasteiger partial charge in [-0.1, -0.05) is 6.07 Å². The van der Waals surface area contributed by atoms with Crippen molar-refractivity contribution >= 4 is 17.3 Å². The molecule has 1 N–H and O–H groups in total. The predicted molar refractivity (Wildman–Crippen MR) is 93.4 cm³/mol. The van der Waals surface area contributed by atoms with E-state index in [0.29, 0.717) is 5.56 Å². The second-order valence-electron chi connectivity index (χ2n) is 6.09. The number of anilines is 1. The molecule has 0 bridgehead atoms. The lowest BCUT2D eigenvalue weighted by atomic mass is 10.1. The first-order chi connectivity index (χ1) is 13.7. The summed E-state index contributed by atoms with van der Waals surface area (Å²) in [6, 6.07) is 4.16. The molecule has 0 radical (unpaired) electrons. The number of carbonyl (C=O) groups is 1. The molecule has 150 valence electrons. The molecule has 2 aromatic carbocycles. The summed E-state index contributed by atoms with van der Waals surface area (Å²) < 4.78 is 54.8. The van der Waals surface area contributed by atoms with Crippen LogP contribution in [0.4, 0.5) is 28.9 Å². The Morgan fingerprint density at radius 1 is 1.17 bits per heavy atom. The first-order valence-corrected chi connectivity index (χ1v) is 8.08. The van der Waals surface area contributed by atoms with Crippen LogP contribution in [0.15, 0.2) is 36.7 Å². The van der Waals surface area contributed by atoms with Gasteiger partial charge < -0.3 is 5.32 Å². The Morgan fingerprint density at radius 3 is 2.59 bits per heavy atom. The van der Waals surface area contributed by atoms with E-state index in [1.54, 1.807) is 0 Å². The van der Waals surface area contributed by atoms with Gasteiger partial charge in [0.2, 0.25) is 0 Å². The molecule has 1 heterocycles. The summed E-state index contributed by atoms with van der Waals surface area (Å²) in [6.07, 6.45) is 2.37. The monoisotopic (exact) mass is 408 g/mol. The van der Waals surface area contributed by atoms with E-state index >= 15 is 0 Å². The van der Waals surface area contributed by atoms with Crippen molar-refractivity contribution in [2.75, 3.05) is 5.32 Å². The van der Waals surface area contributed by atoms with E-state index in [2.05, 4.69) is 10.4 Å². The molecule has 29 heavy (non-hydrogen) atoms. The number of benzene rings is 2. The summed E-state index contributed by atoms with van der Waals surface area (Å²) in [5.41, 5.74) is -0.430. The van der Waals surface area contributed by atoms with Crippen LogP contribution in [0.1, 0.15) is 21.5 Å². The summed E-state index contributed by atoms with van der Waals surface area (Å²) in [5, 5.41) is 17.2. The average molecular weight is 408 g/mol. The van der Waals surface area contributed by atoms with Gasteiger partial charge in [0.25, 0.3) is 11.6 Å². The van der Waals surface area contributed by atoms with Gasteiger partial charge in [-0.3, -0.25) is 19.6 Å². The maximum atomic E-state index is 13.8. The molecule has 0 aliphatic carbocycles. The summed E-state index contributed by atoms with van der Waals surface area (Å²) in [5.74, 6) is -7.07. The number of rotatable bonds is 5. The topological polar surface area (TPSA) is 90.1 Å². The molecule has 0 fully saturated rings. The van der Waals surface area contributed by atoms with E-state index in [0.717, 1.165) is 16.9 Å². The number of amides is 1. The van der Waals surface area contributed by atoms with E-state index in [4.69, 9.17) is 0 Å². The smallest absolute Gasteiger partial charge is 0.273 e. The molecule has 0 saturated heterocycles. The molecule has 11 heteroatoms. The minimum atomic E-state index is -1.80. The van der Waals surface area contributed by atoms with Crippen molar-refractivity contribution in [2.24, 2.45) is 0 Å². The first kappa shape index (κ1) is 20.0. The van der Waals surface area contributed by atoms with Gasteiger partial charge in [-0.15, -0.1) is 0 Å². The summed E-state index contributed by atoms with van der Waals surface area (Å²) in [4.78, 5) is 22.6. The lowest BCUT2D eigenvalue weighted by Crippen LogP contribution is -2.12. The molecule has 0 unspecified atom stereocenters. The number of aromatic nitrogens is 2. The standard InChI is InChI=1S/C18H12F4N4O3/c1-9-2-3-10(4-15(9)26(28)29)18(27)24-11-6-23-25(7-11)8-12-13(19)5-14(20)17(22)16(12)21/h2-7H,8H2,1H3,(H,24,27). The fraction of sp³-hybridized carbons (Fsp3) is 0.111. The number of nitrogens with one attached hydrogen (secondary N) is 1. The van der Waals surface area contributed by atoms with E-state index in [9.17, 15) is 32.5 Å². The highest BCUT2D eigenvalue weighted by molar-refractivity contribution is 6.04. The lowest BCUT2D eigenvalue weighted by Gasteiger charge is -2.07. The quantitative estimate of drug-likeness (QED) is 0.228. The second-order valence-corrected chi connectivity index (χ2v) is 6.09. The van der Waals surface area contributed by atoms with Crippen molar-refractivity contribution in [1.82, 2.24) is 9.78 Å². The molecule has 0 aliphatic rings. The van der Waals surface area contributed by atoms with Gasteiger partial charge in [0.1, 0.15) is 5.82 Å². The Bertz CT molecular complexity index is 1130. The van der Waals surface area contributed by atoms with Crippen molar-refractivity contribution < 1.29 is 27.3 Å². The van der Waals surface area contributed by atoms with Crippen LogP contribution in [0.5, 0.6) is 0 Å². The Hall–Kier alpha value is -3.76. The minimum absolute atomic E-state index is 0.0211. The number of nitro groups is 1. The van der Waals surface area contributed by atoms with Crippen LogP contribution in [-0.2, 0) is 6.54 Å². The number of nitro benzene ring substituents is 1. The van der Waals surface area contributed by atoms with Gasteiger partial charge in [-0.05, 0) is 13.0 Å². The zero-order valence-electron chi connectivity index (χ0n) is 14.7. The van der Waals surface area contributed by atoms with Gasteiger partial charge in [-0.25, -0.2) is 17.6 Å². The average Bonchev–Trinajstić information content (AvgIpc) is 3.10. The molecule has 1 aromatic heterocycles. The Morgan fingerprint density at radius 2 is 1.90 bits per heavy atom. The number of hydrogen-bond acceptors (Lipinski definition) is 4. The number of hydrogen-bond donors (Lipinski definition) is 1. The largest absolute Gasteiger partial charge is 0.319 e. The van der Waals surface area contributed by atoms with Gasteiger partial charge in [0.15, 0.2) is 17.5 Å². The predicted octanol–water partition coefficient (Wildman–Crippen LogP) is 3.96. The minimum Gasteiger partial charge on any atom is -0.319 e.